The average molecular weight is 248 g/mol. The molecule has 1 heterocycles. The number of benzene rings is 1. The SMILES string of the molecule is CC(N)CN(C)CCc1ccc2c(c1)CCCO2. The minimum absolute atomic E-state index is 0.243. The van der Waals surface area contributed by atoms with Crippen LogP contribution in [0.4, 0.5) is 0 Å². The second-order valence-electron chi connectivity index (χ2n) is 5.38. The molecule has 2 rings (SSSR count). The number of nitrogens with zero attached hydrogens (tertiary/aromatic N) is 1. The molecular weight excluding hydrogens is 224 g/mol. The van der Waals surface area contributed by atoms with Crippen molar-refractivity contribution in [2.75, 3.05) is 26.7 Å². The quantitative estimate of drug-likeness (QED) is 0.864. The van der Waals surface area contributed by atoms with E-state index in [2.05, 4.69) is 30.1 Å². The Morgan fingerprint density at radius 2 is 2.28 bits per heavy atom. The molecule has 1 atom stereocenters. The van der Waals surface area contributed by atoms with Crippen LogP contribution in [0.1, 0.15) is 24.5 Å². The van der Waals surface area contributed by atoms with Crippen molar-refractivity contribution in [3.05, 3.63) is 29.3 Å². The molecule has 0 saturated carbocycles. The molecule has 2 N–H and O–H groups in total. The first-order chi connectivity index (χ1) is 8.65. The van der Waals surface area contributed by atoms with E-state index in [0.717, 1.165) is 44.7 Å². The Morgan fingerprint density at radius 1 is 1.44 bits per heavy atom. The van der Waals surface area contributed by atoms with Crippen molar-refractivity contribution in [1.82, 2.24) is 4.90 Å². The van der Waals surface area contributed by atoms with Crippen LogP contribution >= 0.6 is 0 Å². The minimum atomic E-state index is 0.243. The van der Waals surface area contributed by atoms with Gasteiger partial charge in [-0.05, 0) is 50.4 Å². The fourth-order valence-electron chi connectivity index (χ4n) is 2.47. The van der Waals surface area contributed by atoms with Crippen molar-refractivity contribution in [2.45, 2.75) is 32.2 Å². The van der Waals surface area contributed by atoms with Crippen LogP contribution in [0.15, 0.2) is 18.2 Å². The Balaban J connectivity index is 1.90. The zero-order chi connectivity index (χ0) is 13.0. The summed E-state index contributed by atoms with van der Waals surface area (Å²) in [7, 11) is 2.13. The van der Waals surface area contributed by atoms with Gasteiger partial charge in [0.05, 0.1) is 6.61 Å². The number of rotatable bonds is 5. The van der Waals surface area contributed by atoms with Crippen LogP contribution in [0, 0.1) is 0 Å². The Bertz CT molecular complexity index is 390. The molecule has 1 aromatic carbocycles. The number of fused-ring (bicyclic) bond motifs is 1. The van der Waals surface area contributed by atoms with Crippen molar-refractivity contribution in [3.8, 4) is 5.75 Å². The van der Waals surface area contributed by atoms with E-state index in [4.69, 9.17) is 10.5 Å². The molecule has 0 bridgehead atoms. The van der Waals surface area contributed by atoms with Gasteiger partial charge in [-0.25, -0.2) is 0 Å². The second-order valence-corrected chi connectivity index (χ2v) is 5.38. The van der Waals surface area contributed by atoms with Crippen LogP contribution in [-0.4, -0.2) is 37.7 Å². The maximum Gasteiger partial charge on any atom is 0.122 e. The van der Waals surface area contributed by atoms with E-state index in [-0.39, 0.29) is 6.04 Å². The molecule has 3 nitrogen and oxygen atoms in total. The summed E-state index contributed by atoms with van der Waals surface area (Å²) >= 11 is 0. The van der Waals surface area contributed by atoms with Crippen molar-refractivity contribution < 1.29 is 4.74 Å². The summed E-state index contributed by atoms with van der Waals surface area (Å²) in [6.45, 7) is 4.92. The highest BCUT2D eigenvalue weighted by Crippen LogP contribution is 2.25. The van der Waals surface area contributed by atoms with E-state index in [1.807, 2.05) is 6.92 Å². The molecule has 3 heteroatoms. The standard InChI is InChI=1S/C15H24N2O/c1-12(16)11-17(2)8-7-13-5-6-15-14(10-13)4-3-9-18-15/h5-6,10,12H,3-4,7-9,11,16H2,1-2H3. The number of ether oxygens (including phenoxy) is 1. The van der Waals surface area contributed by atoms with Crippen LogP contribution in [0.2, 0.25) is 0 Å². The van der Waals surface area contributed by atoms with Crippen LogP contribution in [0.5, 0.6) is 5.75 Å². The van der Waals surface area contributed by atoms with Crippen LogP contribution in [0.3, 0.4) is 0 Å². The molecule has 1 aromatic rings. The summed E-state index contributed by atoms with van der Waals surface area (Å²) < 4.78 is 5.63. The maximum absolute atomic E-state index is 5.80. The molecule has 0 amide bonds. The molecule has 0 aliphatic carbocycles. The predicted molar refractivity (Wildman–Crippen MR) is 75.1 cm³/mol. The number of aryl methyl sites for hydroxylation is 1. The largest absolute Gasteiger partial charge is 0.493 e. The highest BCUT2D eigenvalue weighted by Gasteiger charge is 2.10. The molecule has 1 aliphatic rings. The van der Waals surface area contributed by atoms with Gasteiger partial charge in [-0.1, -0.05) is 12.1 Å². The van der Waals surface area contributed by atoms with Gasteiger partial charge in [-0.15, -0.1) is 0 Å². The lowest BCUT2D eigenvalue weighted by atomic mass is 10.0. The summed E-state index contributed by atoms with van der Waals surface area (Å²) in [5, 5.41) is 0. The van der Waals surface area contributed by atoms with E-state index in [0.29, 0.717) is 0 Å². The summed E-state index contributed by atoms with van der Waals surface area (Å²) in [5.41, 5.74) is 8.56. The molecule has 0 fully saturated rings. The van der Waals surface area contributed by atoms with Gasteiger partial charge in [0.15, 0.2) is 0 Å². The van der Waals surface area contributed by atoms with Crippen LogP contribution < -0.4 is 10.5 Å². The monoisotopic (exact) mass is 248 g/mol. The first-order valence-electron chi connectivity index (χ1n) is 6.84. The highest BCUT2D eigenvalue weighted by molar-refractivity contribution is 5.38. The number of hydrogen-bond donors (Lipinski definition) is 1. The third kappa shape index (κ3) is 3.72. The van der Waals surface area contributed by atoms with E-state index >= 15 is 0 Å². The lowest BCUT2D eigenvalue weighted by molar-refractivity contribution is 0.288. The molecule has 0 spiro atoms. The smallest absolute Gasteiger partial charge is 0.122 e. The molecule has 18 heavy (non-hydrogen) atoms. The molecule has 1 aliphatic heterocycles. The topological polar surface area (TPSA) is 38.5 Å². The van der Waals surface area contributed by atoms with Gasteiger partial charge in [-0.3, -0.25) is 0 Å². The fraction of sp³-hybridized carbons (Fsp3) is 0.600. The molecule has 0 aromatic heterocycles. The Morgan fingerprint density at radius 3 is 3.06 bits per heavy atom. The lowest BCUT2D eigenvalue weighted by Crippen LogP contribution is -2.34. The molecular formula is C15H24N2O. The average Bonchev–Trinajstić information content (AvgIpc) is 2.35. The Hall–Kier alpha value is -1.06. The van der Waals surface area contributed by atoms with Gasteiger partial charge in [0.1, 0.15) is 5.75 Å². The second kappa shape index (κ2) is 6.21. The van der Waals surface area contributed by atoms with E-state index in [1.165, 1.54) is 11.1 Å². The highest BCUT2D eigenvalue weighted by atomic mass is 16.5. The van der Waals surface area contributed by atoms with Crippen LogP contribution in [-0.2, 0) is 12.8 Å². The van der Waals surface area contributed by atoms with Gasteiger partial charge in [0.2, 0.25) is 0 Å². The van der Waals surface area contributed by atoms with Gasteiger partial charge in [0, 0.05) is 19.1 Å². The first-order valence-corrected chi connectivity index (χ1v) is 6.84. The number of nitrogens with two attached hydrogens (primary N) is 1. The summed E-state index contributed by atoms with van der Waals surface area (Å²) in [6, 6.07) is 6.85. The first kappa shape index (κ1) is 13.4. The van der Waals surface area contributed by atoms with Crippen molar-refractivity contribution in [1.29, 1.82) is 0 Å². The summed E-state index contributed by atoms with van der Waals surface area (Å²) in [5.74, 6) is 1.08. The Kier molecular flexibility index (Phi) is 4.61. The molecule has 0 radical (unpaired) electrons. The van der Waals surface area contributed by atoms with E-state index in [1.54, 1.807) is 0 Å². The molecule has 0 saturated heterocycles. The third-order valence-electron chi connectivity index (χ3n) is 3.35. The fourth-order valence-corrected chi connectivity index (χ4v) is 2.47. The van der Waals surface area contributed by atoms with E-state index < -0.39 is 0 Å². The normalized spacial score (nSPS) is 16.2. The predicted octanol–water partition coefficient (Wildman–Crippen LogP) is 1.83. The molecule has 100 valence electrons. The van der Waals surface area contributed by atoms with Crippen molar-refractivity contribution >= 4 is 0 Å². The van der Waals surface area contributed by atoms with Crippen LogP contribution in [0.25, 0.3) is 0 Å². The zero-order valence-electron chi connectivity index (χ0n) is 11.5. The number of likely N-dealkylation sites (N-methyl/N-ethyl adjacent to an activating group) is 1. The van der Waals surface area contributed by atoms with Gasteiger partial charge in [0.25, 0.3) is 0 Å². The Labute approximate surface area is 110 Å². The lowest BCUT2D eigenvalue weighted by Gasteiger charge is -2.20. The van der Waals surface area contributed by atoms with Gasteiger partial charge in [-0.2, -0.15) is 0 Å². The third-order valence-corrected chi connectivity index (χ3v) is 3.35. The number of hydrogen-bond acceptors (Lipinski definition) is 3. The van der Waals surface area contributed by atoms with Gasteiger partial charge >= 0.3 is 0 Å². The maximum atomic E-state index is 5.80. The van der Waals surface area contributed by atoms with E-state index in [9.17, 15) is 0 Å². The summed E-state index contributed by atoms with van der Waals surface area (Å²) in [6.07, 6.45) is 3.37. The van der Waals surface area contributed by atoms with Gasteiger partial charge < -0.3 is 15.4 Å². The zero-order valence-corrected chi connectivity index (χ0v) is 11.5. The van der Waals surface area contributed by atoms with Crippen molar-refractivity contribution in [2.24, 2.45) is 5.73 Å². The summed E-state index contributed by atoms with van der Waals surface area (Å²) in [4.78, 5) is 2.29. The minimum Gasteiger partial charge on any atom is -0.493 e. The molecule has 1 unspecified atom stereocenters. The van der Waals surface area contributed by atoms with Crippen molar-refractivity contribution in [3.63, 3.8) is 0 Å².